The molecule has 0 saturated heterocycles. The molecule has 1 unspecified atom stereocenters. The van der Waals surface area contributed by atoms with Crippen molar-refractivity contribution in [3.05, 3.63) is 12.2 Å². The number of rotatable bonds is 17. The van der Waals surface area contributed by atoms with Crippen LogP contribution in [0.2, 0.25) is 0 Å². The summed E-state index contributed by atoms with van der Waals surface area (Å²) in [6.07, 6.45) is 27.6. The van der Waals surface area contributed by atoms with Crippen LogP contribution in [0.5, 0.6) is 0 Å². The Morgan fingerprint density at radius 1 is 0.636 bits per heavy atom. The molecule has 0 aliphatic rings. The molecule has 0 aliphatic heterocycles. The van der Waals surface area contributed by atoms with Crippen molar-refractivity contribution in [2.24, 2.45) is 5.92 Å². The van der Waals surface area contributed by atoms with Crippen LogP contribution in [0.25, 0.3) is 0 Å². The van der Waals surface area contributed by atoms with Crippen molar-refractivity contribution in [1.29, 1.82) is 0 Å². The SMILES string of the molecule is C/C=C\CCCCCCCCCCCCCCCC(C)CC. The lowest BCUT2D eigenvalue weighted by Gasteiger charge is -2.07. The summed E-state index contributed by atoms with van der Waals surface area (Å²) in [6.45, 7) is 6.82. The molecule has 0 spiro atoms. The van der Waals surface area contributed by atoms with Gasteiger partial charge >= 0.3 is 0 Å². The molecule has 0 aromatic heterocycles. The van der Waals surface area contributed by atoms with Gasteiger partial charge in [0.15, 0.2) is 0 Å². The van der Waals surface area contributed by atoms with Gasteiger partial charge in [-0.15, -0.1) is 0 Å². The highest BCUT2D eigenvalue weighted by molar-refractivity contribution is 4.76. The first-order valence-electron chi connectivity index (χ1n) is 10.4. The molecule has 22 heavy (non-hydrogen) atoms. The normalized spacial score (nSPS) is 13.0. The highest BCUT2D eigenvalue weighted by atomic mass is 14.0. The predicted molar refractivity (Wildman–Crippen MR) is 104 cm³/mol. The summed E-state index contributed by atoms with van der Waals surface area (Å²) in [5.74, 6) is 0.947. The van der Waals surface area contributed by atoms with Crippen molar-refractivity contribution in [3.63, 3.8) is 0 Å². The van der Waals surface area contributed by atoms with Crippen LogP contribution in [0.4, 0.5) is 0 Å². The van der Waals surface area contributed by atoms with Crippen molar-refractivity contribution in [1.82, 2.24) is 0 Å². The van der Waals surface area contributed by atoms with Gasteiger partial charge in [-0.1, -0.05) is 116 Å². The summed E-state index contributed by atoms with van der Waals surface area (Å²) < 4.78 is 0. The molecule has 132 valence electrons. The van der Waals surface area contributed by atoms with E-state index in [0.717, 1.165) is 5.92 Å². The van der Waals surface area contributed by atoms with Crippen molar-refractivity contribution < 1.29 is 0 Å². The lowest BCUT2D eigenvalue weighted by Crippen LogP contribution is -1.91. The number of hydrogen-bond acceptors (Lipinski definition) is 0. The first-order chi connectivity index (χ1) is 10.8. The van der Waals surface area contributed by atoms with Gasteiger partial charge in [-0.25, -0.2) is 0 Å². The molecule has 0 heterocycles. The maximum Gasteiger partial charge on any atom is -0.0351 e. The quantitative estimate of drug-likeness (QED) is 0.187. The Hall–Kier alpha value is -0.260. The smallest absolute Gasteiger partial charge is 0.0351 e. The van der Waals surface area contributed by atoms with Crippen molar-refractivity contribution in [3.8, 4) is 0 Å². The molecule has 0 N–H and O–H groups in total. The third kappa shape index (κ3) is 17.8. The molecule has 0 amide bonds. The van der Waals surface area contributed by atoms with E-state index < -0.39 is 0 Å². The number of unbranched alkanes of at least 4 members (excludes halogenated alkanes) is 13. The predicted octanol–water partition coefficient (Wildman–Crippen LogP) is 8.46. The van der Waals surface area contributed by atoms with E-state index in [1.807, 2.05) is 0 Å². The van der Waals surface area contributed by atoms with Gasteiger partial charge < -0.3 is 0 Å². The monoisotopic (exact) mass is 308 g/mol. The third-order valence-corrected chi connectivity index (χ3v) is 5.00. The van der Waals surface area contributed by atoms with E-state index in [9.17, 15) is 0 Å². The van der Waals surface area contributed by atoms with Gasteiger partial charge in [0.25, 0.3) is 0 Å². The highest BCUT2D eigenvalue weighted by Crippen LogP contribution is 2.15. The fourth-order valence-electron chi connectivity index (χ4n) is 3.07. The molecule has 0 nitrogen and oxygen atoms in total. The minimum Gasteiger partial charge on any atom is -0.0917 e. The second kappa shape index (κ2) is 18.8. The summed E-state index contributed by atoms with van der Waals surface area (Å²) in [7, 11) is 0. The average molecular weight is 309 g/mol. The molecule has 0 bridgehead atoms. The van der Waals surface area contributed by atoms with Crippen molar-refractivity contribution in [2.75, 3.05) is 0 Å². The zero-order valence-corrected chi connectivity index (χ0v) is 16.0. The largest absolute Gasteiger partial charge is 0.0917 e. The number of hydrogen-bond donors (Lipinski definition) is 0. The molecule has 0 aliphatic carbocycles. The fourth-order valence-corrected chi connectivity index (χ4v) is 3.07. The average Bonchev–Trinajstić information content (AvgIpc) is 2.54. The second-order valence-electron chi connectivity index (χ2n) is 7.26. The Kier molecular flexibility index (Phi) is 18.6. The van der Waals surface area contributed by atoms with Crippen molar-refractivity contribution >= 4 is 0 Å². The van der Waals surface area contributed by atoms with Gasteiger partial charge in [-0.05, 0) is 25.7 Å². The number of allylic oxidation sites excluding steroid dienone is 2. The summed E-state index contributed by atoms with van der Waals surface area (Å²) in [4.78, 5) is 0. The molecular weight excluding hydrogens is 264 g/mol. The minimum absolute atomic E-state index is 0.947. The maximum absolute atomic E-state index is 2.39. The Labute approximate surface area is 142 Å². The molecule has 0 fully saturated rings. The van der Waals surface area contributed by atoms with Crippen LogP contribution >= 0.6 is 0 Å². The standard InChI is InChI=1S/C22H44/c1-4-6-7-8-9-10-11-12-13-14-15-16-17-18-19-20-21-22(3)5-2/h4,6,22H,5,7-21H2,1-3H3/b6-4-. The van der Waals surface area contributed by atoms with Crippen molar-refractivity contribution in [2.45, 2.75) is 124 Å². The molecule has 0 aromatic carbocycles. The topological polar surface area (TPSA) is 0 Å². The zero-order chi connectivity index (χ0) is 16.3. The first-order valence-corrected chi connectivity index (χ1v) is 10.4. The van der Waals surface area contributed by atoms with E-state index in [2.05, 4.69) is 32.9 Å². The van der Waals surface area contributed by atoms with E-state index >= 15 is 0 Å². The highest BCUT2D eigenvalue weighted by Gasteiger charge is 1.98. The van der Waals surface area contributed by atoms with Crippen LogP contribution in [0, 0.1) is 5.92 Å². The first kappa shape index (κ1) is 21.7. The van der Waals surface area contributed by atoms with Gasteiger partial charge in [-0.2, -0.15) is 0 Å². The summed E-state index contributed by atoms with van der Waals surface area (Å²) in [5.41, 5.74) is 0. The molecule has 0 heteroatoms. The van der Waals surface area contributed by atoms with Gasteiger partial charge in [0, 0.05) is 0 Å². The maximum atomic E-state index is 2.39. The van der Waals surface area contributed by atoms with Gasteiger partial charge in [-0.3, -0.25) is 0 Å². The molecule has 1 atom stereocenters. The third-order valence-electron chi connectivity index (χ3n) is 5.00. The molecule has 0 saturated carbocycles. The lowest BCUT2D eigenvalue weighted by molar-refractivity contribution is 0.468. The van der Waals surface area contributed by atoms with Gasteiger partial charge in [0.1, 0.15) is 0 Å². The van der Waals surface area contributed by atoms with Crippen LogP contribution < -0.4 is 0 Å². The fraction of sp³-hybridized carbons (Fsp3) is 0.909. The van der Waals surface area contributed by atoms with E-state index in [0.29, 0.717) is 0 Å². The molecule has 0 aromatic rings. The Morgan fingerprint density at radius 3 is 1.45 bits per heavy atom. The Morgan fingerprint density at radius 2 is 1.05 bits per heavy atom. The van der Waals surface area contributed by atoms with E-state index in [-0.39, 0.29) is 0 Å². The summed E-state index contributed by atoms with van der Waals surface area (Å²) >= 11 is 0. The zero-order valence-electron chi connectivity index (χ0n) is 16.0. The van der Waals surface area contributed by atoms with Crippen LogP contribution in [-0.4, -0.2) is 0 Å². The Balaban J connectivity index is 3.00. The summed E-state index contributed by atoms with van der Waals surface area (Å²) in [5, 5.41) is 0. The van der Waals surface area contributed by atoms with Crippen LogP contribution in [0.1, 0.15) is 124 Å². The lowest BCUT2D eigenvalue weighted by atomic mass is 9.99. The summed E-state index contributed by atoms with van der Waals surface area (Å²) in [6, 6.07) is 0. The van der Waals surface area contributed by atoms with Gasteiger partial charge in [0.2, 0.25) is 0 Å². The van der Waals surface area contributed by atoms with Crippen LogP contribution in [0.15, 0.2) is 12.2 Å². The van der Waals surface area contributed by atoms with Crippen LogP contribution in [-0.2, 0) is 0 Å². The second-order valence-corrected chi connectivity index (χ2v) is 7.26. The van der Waals surface area contributed by atoms with E-state index in [1.165, 1.54) is 103 Å². The minimum atomic E-state index is 0.947. The molecule has 0 radical (unpaired) electrons. The van der Waals surface area contributed by atoms with E-state index in [4.69, 9.17) is 0 Å². The Bertz CT molecular complexity index is 216. The molecule has 0 rings (SSSR count). The van der Waals surface area contributed by atoms with Crippen LogP contribution in [0.3, 0.4) is 0 Å². The van der Waals surface area contributed by atoms with E-state index in [1.54, 1.807) is 0 Å². The van der Waals surface area contributed by atoms with Gasteiger partial charge in [0.05, 0.1) is 0 Å². The molecular formula is C22H44.